The largest absolute Gasteiger partial charge is 0.496 e. The maximum atomic E-state index is 11.6. The summed E-state index contributed by atoms with van der Waals surface area (Å²) in [5.74, 6) is 0.0539. The van der Waals surface area contributed by atoms with Gasteiger partial charge in [0.05, 0.1) is 11.6 Å². The maximum Gasteiger partial charge on any atom is 0.323 e. The Labute approximate surface area is 127 Å². The normalized spacial score (nSPS) is 23.6. The fourth-order valence-corrected chi connectivity index (χ4v) is 3.29. The predicted octanol–water partition coefficient (Wildman–Crippen LogP) is 3.29. The summed E-state index contributed by atoms with van der Waals surface area (Å²) >= 11 is 3.47. The Balaban J connectivity index is 2.19. The van der Waals surface area contributed by atoms with Gasteiger partial charge in [-0.2, -0.15) is 0 Å². The molecular weight excluding hydrogens is 322 g/mol. The van der Waals surface area contributed by atoms with Gasteiger partial charge < -0.3 is 9.84 Å². The van der Waals surface area contributed by atoms with Crippen molar-refractivity contribution < 1.29 is 14.6 Å². The van der Waals surface area contributed by atoms with Crippen LogP contribution in [0.4, 0.5) is 0 Å². The average Bonchev–Trinajstić information content (AvgIpc) is 2.41. The van der Waals surface area contributed by atoms with Gasteiger partial charge >= 0.3 is 5.97 Å². The lowest BCUT2D eigenvalue weighted by Crippen LogP contribution is -2.54. The summed E-state index contributed by atoms with van der Waals surface area (Å²) in [6.45, 7) is 3.30. The molecule has 1 heterocycles. The SMILES string of the molecule is COc1ccc(CN2CCCCC2(C)C(=O)O)cc1Br. The fraction of sp³-hybridized carbons (Fsp3) is 0.533. The van der Waals surface area contributed by atoms with Crippen LogP contribution in [0, 0.1) is 0 Å². The van der Waals surface area contributed by atoms with Gasteiger partial charge in [0.1, 0.15) is 11.3 Å². The molecule has 110 valence electrons. The third-order valence-corrected chi connectivity index (χ3v) is 4.71. The van der Waals surface area contributed by atoms with Gasteiger partial charge in [-0.25, -0.2) is 0 Å². The van der Waals surface area contributed by atoms with Crippen molar-refractivity contribution in [3.63, 3.8) is 0 Å². The molecule has 1 aromatic carbocycles. The van der Waals surface area contributed by atoms with E-state index < -0.39 is 11.5 Å². The monoisotopic (exact) mass is 341 g/mol. The number of methoxy groups -OCH3 is 1. The number of carboxylic acids is 1. The van der Waals surface area contributed by atoms with Crippen molar-refractivity contribution in [2.45, 2.75) is 38.3 Å². The molecule has 1 fully saturated rings. The minimum Gasteiger partial charge on any atom is -0.496 e. The first-order valence-electron chi connectivity index (χ1n) is 6.78. The molecule has 0 aromatic heterocycles. The van der Waals surface area contributed by atoms with Gasteiger partial charge in [0.25, 0.3) is 0 Å². The molecule has 1 aromatic rings. The predicted molar refractivity (Wildman–Crippen MR) is 81.0 cm³/mol. The van der Waals surface area contributed by atoms with Crippen molar-refractivity contribution in [2.24, 2.45) is 0 Å². The second-order valence-corrected chi connectivity index (χ2v) is 6.28. The van der Waals surface area contributed by atoms with E-state index in [-0.39, 0.29) is 0 Å². The number of hydrogen-bond acceptors (Lipinski definition) is 3. The molecule has 1 unspecified atom stereocenters. The number of aliphatic carboxylic acids is 1. The highest BCUT2D eigenvalue weighted by atomic mass is 79.9. The number of hydrogen-bond donors (Lipinski definition) is 1. The minimum absolute atomic E-state index is 0.644. The smallest absolute Gasteiger partial charge is 0.323 e. The summed E-state index contributed by atoms with van der Waals surface area (Å²) in [4.78, 5) is 13.6. The van der Waals surface area contributed by atoms with Crippen LogP contribution in [0.1, 0.15) is 31.7 Å². The number of piperidine rings is 1. The quantitative estimate of drug-likeness (QED) is 0.912. The molecule has 0 bridgehead atoms. The second-order valence-electron chi connectivity index (χ2n) is 5.43. The second kappa shape index (κ2) is 6.14. The molecule has 0 amide bonds. The topological polar surface area (TPSA) is 49.8 Å². The minimum atomic E-state index is -0.759. The van der Waals surface area contributed by atoms with E-state index in [1.807, 2.05) is 25.1 Å². The van der Waals surface area contributed by atoms with Crippen molar-refractivity contribution in [1.82, 2.24) is 4.90 Å². The van der Waals surface area contributed by atoms with E-state index in [9.17, 15) is 9.90 Å². The molecule has 0 spiro atoms. The number of rotatable bonds is 4. The van der Waals surface area contributed by atoms with Gasteiger partial charge in [0.15, 0.2) is 0 Å². The van der Waals surface area contributed by atoms with Gasteiger partial charge in [0, 0.05) is 6.54 Å². The standard InChI is InChI=1S/C15H20BrNO3/c1-15(14(18)19)7-3-4-8-17(15)10-11-5-6-13(20-2)12(16)9-11/h5-6,9H,3-4,7-8,10H2,1-2H3,(H,18,19). The van der Waals surface area contributed by atoms with E-state index in [1.165, 1.54) is 0 Å². The average molecular weight is 342 g/mol. The van der Waals surface area contributed by atoms with Gasteiger partial charge in [-0.1, -0.05) is 6.07 Å². The van der Waals surface area contributed by atoms with Crippen LogP contribution >= 0.6 is 15.9 Å². The molecule has 20 heavy (non-hydrogen) atoms. The molecule has 1 N–H and O–H groups in total. The highest BCUT2D eigenvalue weighted by Gasteiger charge is 2.41. The first-order valence-corrected chi connectivity index (χ1v) is 7.57. The summed E-state index contributed by atoms with van der Waals surface area (Å²) in [5.41, 5.74) is 0.331. The molecule has 0 aliphatic carbocycles. The Kier molecular flexibility index (Phi) is 4.70. The maximum absolute atomic E-state index is 11.6. The van der Waals surface area contributed by atoms with Gasteiger partial charge in [-0.05, 0) is 66.4 Å². The number of carbonyl (C=O) groups is 1. The summed E-state index contributed by atoms with van der Waals surface area (Å²) in [6, 6.07) is 5.89. The highest BCUT2D eigenvalue weighted by molar-refractivity contribution is 9.10. The van der Waals surface area contributed by atoms with Crippen molar-refractivity contribution >= 4 is 21.9 Å². The van der Waals surface area contributed by atoms with Crippen molar-refractivity contribution in [3.05, 3.63) is 28.2 Å². The number of carboxylic acid groups (broad SMARTS) is 1. The van der Waals surface area contributed by atoms with E-state index in [0.29, 0.717) is 13.0 Å². The Hall–Kier alpha value is -1.07. The third-order valence-electron chi connectivity index (χ3n) is 4.09. The van der Waals surface area contributed by atoms with E-state index in [1.54, 1.807) is 7.11 Å². The Morgan fingerprint density at radius 1 is 1.50 bits per heavy atom. The zero-order valence-corrected chi connectivity index (χ0v) is 13.4. The molecular formula is C15H20BrNO3. The molecule has 4 nitrogen and oxygen atoms in total. The Morgan fingerprint density at radius 3 is 2.85 bits per heavy atom. The molecule has 1 aliphatic heterocycles. The summed E-state index contributed by atoms with van der Waals surface area (Å²) in [5, 5.41) is 9.51. The lowest BCUT2D eigenvalue weighted by Gasteiger charge is -2.41. The van der Waals surface area contributed by atoms with E-state index in [0.717, 1.165) is 35.2 Å². The first-order chi connectivity index (χ1) is 9.47. The van der Waals surface area contributed by atoms with Crippen LogP contribution in [-0.2, 0) is 11.3 Å². The van der Waals surface area contributed by atoms with E-state index in [2.05, 4.69) is 20.8 Å². The van der Waals surface area contributed by atoms with Crippen molar-refractivity contribution in [1.29, 1.82) is 0 Å². The lowest BCUT2D eigenvalue weighted by molar-refractivity contribution is -0.153. The summed E-state index contributed by atoms with van der Waals surface area (Å²) < 4.78 is 6.11. The summed E-state index contributed by atoms with van der Waals surface area (Å²) in [6.07, 6.45) is 2.74. The number of benzene rings is 1. The highest BCUT2D eigenvalue weighted by Crippen LogP contribution is 2.31. The third kappa shape index (κ3) is 2.99. The van der Waals surface area contributed by atoms with Crippen LogP contribution in [-0.4, -0.2) is 35.2 Å². The summed E-state index contributed by atoms with van der Waals surface area (Å²) in [7, 11) is 1.63. The zero-order valence-electron chi connectivity index (χ0n) is 11.9. The van der Waals surface area contributed by atoms with Crippen LogP contribution in [0.3, 0.4) is 0 Å². The first kappa shape index (κ1) is 15.3. The van der Waals surface area contributed by atoms with Crippen LogP contribution in [0.25, 0.3) is 0 Å². The van der Waals surface area contributed by atoms with Crippen LogP contribution in [0.15, 0.2) is 22.7 Å². The Bertz CT molecular complexity index is 506. The van der Waals surface area contributed by atoms with Gasteiger partial charge in [-0.15, -0.1) is 0 Å². The Morgan fingerprint density at radius 2 is 2.25 bits per heavy atom. The molecule has 0 radical (unpaired) electrons. The number of ether oxygens (including phenoxy) is 1. The number of nitrogens with zero attached hydrogens (tertiary/aromatic N) is 1. The van der Waals surface area contributed by atoms with E-state index in [4.69, 9.17) is 4.74 Å². The fourth-order valence-electron chi connectivity index (χ4n) is 2.70. The number of likely N-dealkylation sites (tertiary alicyclic amines) is 1. The van der Waals surface area contributed by atoms with Gasteiger partial charge in [0.2, 0.25) is 0 Å². The molecule has 2 rings (SSSR count). The molecule has 1 aliphatic rings. The molecule has 5 heteroatoms. The van der Waals surface area contributed by atoms with Gasteiger partial charge in [-0.3, -0.25) is 9.69 Å². The number of halogens is 1. The molecule has 0 saturated carbocycles. The lowest BCUT2D eigenvalue weighted by atomic mass is 9.88. The van der Waals surface area contributed by atoms with Crippen molar-refractivity contribution in [2.75, 3.05) is 13.7 Å². The van der Waals surface area contributed by atoms with Crippen LogP contribution < -0.4 is 4.74 Å². The van der Waals surface area contributed by atoms with Crippen LogP contribution in [0.5, 0.6) is 5.75 Å². The zero-order chi connectivity index (χ0) is 14.8. The molecule has 1 saturated heterocycles. The van der Waals surface area contributed by atoms with Crippen molar-refractivity contribution in [3.8, 4) is 5.75 Å². The van der Waals surface area contributed by atoms with E-state index >= 15 is 0 Å². The molecule has 1 atom stereocenters. The van der Waals surface area contributed by atoms with Crippen LogP contribution in [0.2, 0.25) is 0 Å².